The van der Waals surface area contributed by atoms with Crippen molar-refractivity contribution < 1.29 is 0 Å². The highest BCUT2D eigenvalue weighted by atomic mass is 32.2. The van der Waals surface area contributed by atoms with E-state index in [1.807, 2.05) is 36.0 Å². The average molecular weight is 301 g/mol. The molecule has 0 aliphatic heterocycles. The van der Waals surface area contributed by atoms with E-state index in [0.29, 0.717) is 5.25 Å². The van der Waals surface area contributed by atoms with Crippen LogP contribution in [0.15, 0.2) is 36.4 Å². The third-order valence-corrected chi connectivity index (χ3v) is 4.04. The zero-order valence-corrected chi connectivity index (χ0v) is 13.8. The molecule has 2 aromatic rings. The summed E-state index contributed by atoms with van der Waals surface area (Å²) in [5.74, 6) is 2.66. The topological polar surface area (TPSA) is 37.8 Å². The molecule has 0 amide bonds. The van der Waals surface area contributed by atoms with Crippen molar-refractivity contribution >= 4 is 17.6 Å². The van der Waals surface area contributed by atoms with Gasteiger partial charge in [0.2, 0.25) is 0 Å². The largest absolute Gasteiger partial charge is 0.370 e. The Bertz CT molecular complexity index is 555. The van der Waals surface area contributed by atoms with Gasteiger partial charge in [-0.2, -0.15) is 11.8 Å². The molecule has 1 N–H and O–H groups in total. The lowest BCUT2D eigenvalue weighted by atomic mass is 10.1. The normalized spacial score (nSPS) is 10.9. The number of anilines is 1. The van der Waals surface area contributed by atoms with E-state index >= 15 is 0 Å². The van der Waals surface area contributed by atoms with Gasteiger partial charge in [-0.25, -0.2) is 9.97 Å². The van der Waals surface area contributed by atoms with Gasteiger partial charge in [0.25, 0.3) is 0 Å². The second-order valence-corrected chi connectivity index (χ2v) is 6.77. The maximum absolute atomic E-state index is 4.71. The molecule has 3 nitrogen and oxygen atoms in total. The summed E-state index contributed by atoms with van der Waals surface area (Å²) in [6.45, 7) is 7.48. The van der Waals surface area contributed by atoms with Crippen molar-refractivity contribution in [3.63, 3.8) is 0 Å². The van der Waals surface area contributed by atoms with Crippen LogP contribution >= 0.6 is 11.8 Å². The Morgan fingerprint density at radius 2 is 1.90 bits per heavy atom. The summed E-state index contributed by atoms with van der Waals surface area (Å²) in [4.78, 5) is 9.34. The maximum Gasteiger partial charge on any atom is 0.141 e. The van der Waals surface area contributed by atoms with Gasteiger partial charge in [-0.15, -0.1) is 0 Å². The van der Waals surface area contributed by atoms with Crippen molar-refractivity contribution in [1.29, 1.82) is 0 Å². The molecule has 0 aliphatic carbocycles. The molecular formula is C17H23N3S. The highest BCUT2D eigenvalue weighted by molar-refractivity contribution is 7.99. The average Bonchev–Trinajstić information content (AvgIpc) is 2.51. The summed E-state index contributed by atoms with van der Waals surface area (Å²) in [7, 11) is 0. The first-order valence-electron chi connectivity index (χ1n) is 7.48. The molecule has 0 saturated carbocycles. The van der Waals surface area contributed by atoms with Crippen LogP contribution in [0.4, 0.5) is 5.82 Å². The van der Waals surface area contributed by atoms with Gasteiger partial charge in [-0.05, 0) is 11.7 Å². The van der Waals surface area contributed by atoms with Gasteiger partial charge >= 0.3 is 0 Å². The fraction of sp³-hybridized carbons (Fsp3) is 0.412. The van der Waals surface area contributed by atoms with Crippen LogP contribution in [-0.2, 0) is 5.75 Å². The number of thioether (sulfide) groups is 1. The number of nitrogens with zero attached hydrogens (tertiary/aromatic N) is 2. The van der Waals surface area contributed by atoms with Crippen molar-refractivity contribution in [2.75, 3.05) is 11.9 Å². The molecule has 21 heavy (non-hydrogen) atoms. The molecule has 0 bridgehead atoms. The predicted molar refractivity (Wildman–Crippen MR) is 92.7 cm³/mol. The fourth-order valence-corrected chi connectivity index (χ4v) is 2.51. The number of rotatable bonds is 7. The molecule has 0 fully saturated rings. The summed E-state index contributed by atoms with van der Waals surface area (Å²) in [6, 6.07) is 12.3. The standard InChI is InChI=1S/C17H23N3S/c1-4-10-18-16-11-15(14-8-6-5-7-9-14)19-17(20-16)12-21-13(2)3/h5-9,11,13H,4,10,12H2,1-3H3,(H,18,19,20). The number of hydrogen-bond donors (Lipinski definition) is 1. The van der Waals surface area contributed by atoms with Crippen LogP contribution in [0.5, 0.6) is 0 Å². The summed E-state index contributed by atoms with van der Waals surface area (Å²) in [5.41, 5.74) is 2.12. The molecule has 0 aliphatic rings. The van der Waals surface area contributed by atoms with Gasteiger partial charge in [-0.1, -0.05) is 51.1 Å². The number of nitrogens with one attached hydrogen (secondary N) is 1. The third-order valence-electron chi connectivity index (χ3n) is 2.94. The van der Waals surface area contributed by atoms with Gasteiger partial charge in [0.1, 0.15) is 11.6 Å². The summed E-state index contributed by atoms with van der Waals surface area (Å²) >= 11 is 1.87. The van der Waals surface area contributed by atoms with E-state index in [-0.39, 0.29) is 0 Å². The van der Waals surface area contributed by atoms with E-state index in [9.17, 15) is 0 Å². The lowest BCUT2D eigenvalue weighted by Gasteiger charge is -2.10. The van der Waals surface area contributed by atoms with E-state index in [1.54, 1.807) is 0 Å². The van der Waals surface area contributed by atoms with Crippen LogP contribution in [0, 0.1) is 0 Å². The number of aromatic nitrogens is 2. The van der Waals surface area contributed by atoms with Crippen molar-refractivity contribution in [1.82, 2.24) is 9.97 Å². The van der Waals surface area contributed by atoms with E-state index in [2.05, 4.69) is 43.2 Å². The molecular weight excluding hydrogens is 278 g/mol. The zero-order chi connectivity index (χ0) is 15.1. The zero-order valence-electron chi connectivity index (χ0n) is 13.0. The molecule has 0 radical (unpaired) electrons. The van der Waals surface area contributed by atoms with Crippen LogP contribution in [-0.4, -0.2) is 21.8 Å². The lowest BCUT2D eigenvalue weighted by molar-refractivity contribution is 0.951. The second kappa shape index (κ2) is 8.03. The number of hydrogen-bond acceptors (Lipinski definition) is 4. The first-order chi connectivity index (χ1) is 10.2. The Morgan fingerprint density at radius 1 is 1.14 bits per heavy atom. The quantitative estimate of drug-likeness (QED) is 0.810. The number of benzene rings is 1. The van der Waals surface area contributed by atoms with Gasteiger partial charge in [0.05, 0.1) is 11.4 Å². The van der Waals surface area contributed by atoms with Gasteiger partial charge < -0.3 is 5.32 Å². The molecule has 4 heteroatoms. The van der Waals surface area contributed by atoms with E-state index in [0.717, 1.165) is 41.6 Å². The van der Waals surface area contributed by atoms with Crippen LogP contribution in [0.1, 0.15) is 33.0 Å². The molecule has 0 unspecified atom stereocenters. The Morgan fingerprint density at radius 3 is 2.57 bits per heavy atom. The first-order valence-corrected chi connectivity index (χ1v) is 8.52. The molecule has 0 spiro atoms. The minimum atomic E-state index is 0.584. The van der Waals surface area contributed by atoms with Crippen molar-refractivity contribution in [3.8, 4) is 11.3 Å². The van der Waals surface area contributed by atoms with Crippen molar-refractivity contribution in [2.45, 2.75) is 38.2 Å². The fourth-order valence-electron chi connectivity index (χ4n) is 1.90. The first kappa shape index (κ1) is 15.8. The van der Waals surface area contributed by atoms with Gasteiger partial charge in [0, 0.05) is 18.2 Å². The Hall–Kier alpha value is -1.55. The third kappa shape index (κ3) is 5.05. The highest BCUT2D eigenvalue weighted by Gasteiger charge is 2.07. The monoisotopic (exact) mass is 301 g/mol. The molecule has 1 aromatic carbocycles. The molecule has 1 aromatic heterocycles. The predicted octanol–water partition coefficient (Wildman–Crippen LogP) is 4.61. The minimum absolute atomic E-state index is 0.584. The van der Waals surface area contributed by atoms with Crippen LogP contribution in [0.3, 0.4) is 0 Å². The maximum atomic E-state index is 4.71. The van der Waals surface area contributed by atoms with E-state index < -0.39 is 0 Å². The molecule has 0 saturated heterocycles. The minimum Gasteiger partial charge on any atom is -0.370 e. The smallest absolute Gasteiger partial charge is 0.141 e. The van der Waals surface area contributed by atoms with E-state index in [4.69, 9.17) is 4.98 Å². The Kier molecular flexibility index (Phi) is 6.05. The van der Waals surface area contributed by atoms with E-state index in [1.165, 1.54) is 0 Å². The Labute approximate surface area is 131 Å². The SMILES string of the molecule is CCCNc1cc(-c2ccccc2)nc(CSC(C)C)n1. The second-order valence-electron chi connectivity index (χ2n) is 5.21. The van der Waals surface area contributed by atoms with Gasteiger partial charge in [0.15, 0.2) is 0 Å². The summed E-state index contributed by atoms with van der Waals surface area (Å²) < 4.78 is 0. The Balaban J connectivity index is 2.28. The van der Waals surface area contributed by atoms with Crippen molar-refractivity contribution in [2.24, 2.45) is 0 Å². The highest BCUT2D eigenvalue weighted by Crippen LogP contribution is 2.22. The van der Waals surface area contributed by atoms with Crippen LogP contribution in [0.2, 0.25) is 0 Å². The lowest BCUT2D eigenvalue weighted by Crippen LogP contribution is -2.06. The molecule has 0 atom stereocenters. The molecule has 2 rings (SSSR count). The van der Waals surface area contributed by atoms with Crippen LogP contribution < -0.4 is 5.32 Å². The molecule has 112 valence electrons. The van der Waals surface area contributed by atoms with Crippen molar-refractivity contribution in [3.05, 3.63) is 42.2 Å². The molecule has 1 heterocycles. The summed E-state index contributed by atoms with van der Waals surface area (Å²) in [5, 5.41) is 3.96. The van der Waals surface area contributed by atoms with Crippen LogP contribution in [0.25, 0.3) is 11.3 Å². The summed E-state index contributed by atoms with van der Waals surface area (Å²) in [6.07, 6.45) is 1.08. The van der Waals surface area contributed by atoms with Gasteiger partial charge in [-0.3, -0.25) is 0 Å².